The molecule has 0 aromatic heterocycles. The number of carbonyl (C=O) groups is 2. The van der Waals surface area contributed by atoms with Crippen molar-refractivity contribution >= 4 is 11.8 Å². The van der Waals surface area contributed by atoms with Crippen molar-refractivity contribution in [1.29, 1.82) is 0 Å². The van der Waals surface area contributed by atoms with Crippen LogP contribution in [0.4, 0.5) is 0 Å². The molecule has 0 aromatic carbocycles. The molecule has 1 heterocycles. The molecule has 1 rings (SSSR count). The van der Waals surface area contributed by atoms with E-state index in [2.05, 4.69) is 0 Å². The van der Waals surface area contributed by atoms with E-state index in [1.807, 2.05) is 13.8 Å². The molecule has 0 saturated carbocycles. The van der Waals surface area contributed by atoms with Crippen LogP contribution in [0.25, 0.3) is 0 Å². The summed E-state index contributed by atoms with van der Waals surface area (Å²) in [6, 6.07) is 0. The van der Waals surface area contributed by atoms with Gasteiger partial charge in [-0.15, -0.1) is 0 Å². The molecule has 0 spiro atoms. The Morgan fingerprint density at radius 3 is 2.50 bits per heavy atom. The van der Waals surface area contributed by atoms with Gasteiger partial charge in [-0.2, -0.15) is 0 Å². The first kappa shape index (κ1) is 8.97. The maximum Gasteiger partial charge on any atom is 0.334 e. The van der Waals surface area contributed by atoms with E-state index < -0.39 is 0 Å². The van der Waals surface area contributed by atoms with E-state index in [1.165, 1.54) is 13.0 Å². The molecule has 1 aliphatic heterocycles. The molecule has 0 radical (unpaired) electrons. The Hall–Kier alpha value is -1.12. The summed E-state index contributed by atoms with van der Waals surface area (Å²) < 4.78 is 4.82. The molecular weight excluding hydrogens is 156 g/mol. The van der Waals surface area contributed by atoms with Crippen LogP contribution in [0.5, 0.6) is 0 Å². The molecule has 1 aliphatic rings. The van der Waals surface area contributed by atoms with Crippen LogP contribution in [-0.2, 0) is 14.3 Å². The second kappa shape index (κ2) is 2.73. The number of hydrogen-bond donors (Lipinski definition) is 0. The summed E-state index contributed by atoms with van der Waals surface area (Å²) in [5, 5.41) is 0. The van der Waals surface area contributed by atoms with Crippen LogP contribution in [0.3, 0.4) is 0 Å². The van der Waals surface area contributed by atoms with Crippen LogP contribution in [0.1, 0.15) is 20.8 Å². The van der Waals surface area contributed by atoms with Crippen molar-refractivity contribution in [2.24, 2.45) is 5.41 Å². The number of esters is 1. The van der Waals surface area contributed by atoms with Gasteiger partial charge in [0.15, 0.2) is 5.78 Å². The summed E-state index contributed by atoms with van der Waals surface area (Å²) in [6.07, 6.45) is 1.36. The SMILES string of the molecule is CC(=O)/C=C1/C(=O)OCC1(C)C. The third-order valence-electron chi connectivity index (χ3n) is 1.86. The van der Waals surface area contributed by atoms with E-state index in [1.54, 1.807) is 0 Å². The molecule has 0 aliphatic carbocycles. The molecule has 0 atom stereocenters. The Morgan fingerprint density at radius 1 is 1.58 bits per heavy atom. The third-order valence-corrected chi connectivity index (χ3v) is 1.86. The number of ketones is 1. The third kappa shape index (κ3) is 1.55. The Morgan fingerprint density at radius 2 is 2.17 bits per heavy atom. The van der Waals surface area contributed by atoms with E-state index in [9.17, 15) is 9.59 Å². The topological polar surface area (TPSA) is 43.4 Å². The summed E-state index contributed by atoms with van der Waals surface area (Å²) in [5.41, 5.74) is 0.165. The molecule has 0 amide bonds. The number of hydrogen-bond acceptors (Lipinski definition) is 3. The first-order valence-electron chi connectivity index (χ1n) is 3.83. The summed E-state index contributed by atoms with van der Waals surface area (Å²) >= 11 is 0. The van der Waals surface area contributed by atoms with Gasteiger partial charge in [-0.25, -0.2) is 4.79 Å². The highest BCUT2D eigenvalue weighted by atomic mass is 16.5. The predicted octanol–water partition coefficient (Wildman–Crippen LogP) is 1.08. The number of allylic oxidation sites excluding steroid dienone is 1. The van der Waals surface area contributed by atoms with Crippen molar-refractivity contribution in [2.75, 3.05) is 6.61 Å². The highest BCUT2D eigenvalue weighted by molar-refractivity contribution is 6.00. The molecule has 66 valence electrons. The lowest BCUT2D eigenvalue weighted by Crippen LogP contribution is -2.14. The standard InChI is InChI=1S/C9H12O3/c1-6(10)4-7-8(11)12-5-9(7,2)3/h4H,5H2,1-3H3/b7-4-. The highest BCUT2D eigenvalue weighted by Gasteiger charge is 2.37. The molecule has 1 fully saturated rings. The Bertz CT molecular complexity index is 261. The smallest absolute Gasteiger partial charge is 0.334 e. The quantitative estimate of drug-likeness (QED) is 0.434. The van der Waals surface area contributed by atoms with Crippen LogP contribution < -0.4 is 0 Å². The van der Waals surface area contributed by atoms with Crippen molar-refractivity contribution in [2.45, 2.75) is 20.8 Å². The van der Waals surface area contributed by atoms with E-state index in [4.69, 9.17) is 4.74 Å². The highest BCUT2D eigenvalue weighted by Crippen LogP contribution is 2.33. The van der Waals surface area contributed by atoms with E-state index in [0.29, 0.717) is 12.2 Å². The van der Waals surface area contributed by atoms with Gasteiger partial charge >= 0.3 is 5.97 Å². The molecule has 3 heteroatoms. The first-order valence-corrected chi connectivity index (χ1v) is 3.83. The number of rotatable bonds is 1. The second-order valence-electron chi connectivity index (χ2n) is 3.63. The summed E-state index contributed by atoms with van der Waals surface area (Å²) in [4.78, 5) is 21.8. The van der Waals surface area contributed by atoms with Crippen molar-refractivity contribution in [1.82, 2.24) is 0 Å². The average molecular weight is 168 g/mol. The first-order chi connectivity index (χ1) is 5.43. The van der Waals surface area contributed by atoms with Gasteiger partial charge in [-0.05, 0) is 13.0 Å². The predicted molar refractivity (Wildman–Crippen MR) is 43.5 cm³/mol. The van der Waals surface area contributed by atoms with Gasteiger partial charge in [0.1, 0.15) is 6.61 Å². The van der Waals surface area contributed by atoms with Gasteiger partial charge in [0.2, 0.25) is 0 Å². The lowest BCUT2D eigenvalue weighted by Gasteiger charge is -2.13. The molecule has 3 nitrogen and oxygen atoms in total. The zero-order valence-electron chi connectivity index (χ0n) is 7.51. The number of carbonyl (C=O) groups excluding carboxylic acids is 2. The number of ether oxygens (including phenoxy) is 1. The maximum absolute atomic E-state index is 11.1. The minimum Gasteiger partial charge on any atom is -0.461 e. The van der Waals surface area contributed by atoms with Gasteiger partial charge in [-0.1, -0.05) is 13.8 Å². The Kier molecular flexibility index (Phi) is 2.04. The van der Waals surface area contributed by atoms with E-state index >= 15 is 0 Å². The maximum atomic E-state index is 11.1. The molecule has 0 aromatic rings. The molecule has 0 N–H and O–H groups in total. The molecule has 0 unspecified atom stereocenters. The van der Waals surface area contributed by atoms with Gasteiger partial charge in [0, 0.05) is 11.0 Å². The minimum atomic E-state index is -0.366. The van der Waals surface area contributed by atoms with Gasteiger partial charge in [-0.3, -0.25) is 4.79 Å². The summed E-state index contributed by atoms with van der Waals surface area (Å²) in [5.74, 6) is -0.480. The van der Waals surface area contributed by atoms with Crippen LogP contribution in [0.2, 0.25) is 0 Å². The molecule has 0 bridgehead atoms. The second-order valence-corrected chi connectivity index (χ2v) is 3.63. The minimum absolute atomic E-state index is 0.114. The van der Waals surface area contributed by atoms with Gasteiger partial charge < -0.3 is 4.74 Å². The van der Waals surface area contributed by atoms with Crippen LogP contribution in [0.15, 0.2) is 11.6 Å². The monoisotopic (exact) mass is 168 g/mol. The normalized spacial score (nSPS) is 24.2. The lowest BCUT2D eigenvalue weighted by atomic mass is 9.86. The lowest BCUT2D eigenvalue weighted by molar-refractivity contribution is -0.135. The fourth-order valence-corrected chi connectivity index (χ4v) is 1.14. The Labute approximate surface area is 71.4 Å². The van der Waals surface area contributed by atoms with Crippen LogP contribution >= 0.6 is 0 Å². The van der Waals surface area contributed by atoms with Crippen LogP contribution in [-0.4, -0.2) is 18.4 Å². The zero-order valence-corrected chi connectivity index (χ0v) is 7.51. The fraction of sp³-hybridized carbons (Fsp3) is 0.556. The van der Waals surface area contributed by atoms with Gasteiger partial charge in [0.05, 0.1) is 0 Å². The number of cyclic esters (lactones) is 1. The molecular formula is C9H12O3. The van der Waals surface area contributed by atoms with E-state index in [0.717, 1.165) is 0 Å². The summed E-state index contributed by atoms with van der Waals surface area (Å²) in [7, 11) is 0. The van der Waals surface area contributed by atoms with Gasteiger partial charge in [0.25, 0.3) is 0 Å². The van der Waals surface area contributed by atoms with Crippen molar-refractivity contribution < 1.29 is 14.3 Å². The Balaban J connectivity index is 3.00. The van der Waals surface area contributed by atoms with Crippen molar-refractivity contribution in [3.05, 3.63) is 11.6 Å². The fourth-order valence-electron chi connectivity index (χ4n) is 1.14. The largest absolute Gasteiger partial charge is 0.461 e. The van der Waals surface area contributed by atoms with Crippen molar-refractivity contribution in [3.63, 3.8) is 0 Å². The van der Waals surface area contributed by atoms with Crippen molar-refractivity contribution in [3.8, 4) is 0 Å². The zero-order chi connectivity index (χ0) is 9.35. The molecule has 1 saturated heterocycles. The summed E-state index contributed by atoms with van der Waals surface area (Å²) in [6.45, 7) is 5.55. The average Bonchev–Trinajstić information content (AvgIpc) is 2.15. The van der Waals surface area contributed by atoms with E-state index in [-0.39, 0.29) is 17.2 Å². The van der Waals surface area contributed by atoms with Crippen LogP contribution in [0, 0.1) is 5.41 Å². The molecule has 12 heavy (non-hydrogen) atoms.